The number of allylic oxidation sites excluding steroid dienone is 3. The van der Waals surface area contributed by atoms with Gasteiger partial charge in [0.15, 0.2) is 0 Å². The third kappa shape index (κ3) is 3.57. The van der Waals surface area contributed by atoms with E-state index in [0.717, 1.165) is 12.8 Å². The Morgan fingerprint density at radius 3 is 2.45 bits per heavy atom. The first-order valence-corrected chi connectivity index (χ1v) is 12.0. The summed E-state index contributed by atoms with van der Waals surface area (Å²) in [6.45, 7) is 10.0. The monoisotopic (exact) mass is 430 g/mol. The Bertz CT molecular complexity index is 813. The van der Waals surface area contributed by atoms with Crippen LogP contribution in [0.15, 0.2) is 23.3 Å². The van der Waals surface area contributed by atoms with Gasteiger partial charge in [-0.25, -0.2) is 0 Å². The van der Waals surface area contributed by atoms with E-state index in [4.69, 9.17) is 9.47 Å². The van der Waals surface area contributed by atoms with Gasteiger partial charge in [0.1, 0.15) is 12.2 Å². The van der Waals surface area contributed by atoms with Gasteiger partial charge >= 0.3 is 11.9 Å². The predicted octanol–water partition coefficient (Wildman–Crippen LogP) is 4.59. The normalized spacial score (nSPS) is 42.3. The molecule has 0 aromatic rings. The molecule has 5 heteroatoms. The number of aliphatic hydroxyl groups excluding tert-OH is 1. The number of carbonyl (C=O) groups is 2. The minimum Gasteiger partial charge on any atom is -0.462 e. The highest BCUT2D eigenvalue weighted by Gasteiger charge is 2.60. The number of fused-ring (bicyclic) bond motifs is 5. The lowest BCUT2D eigenvalue weighted by atomic mass is 9.49. The standard InChI is InChI=1S/C26H38O5/c1-15(14-27)21-8-9-22-20-7-6-18-12-19(30-16(2)28)13-24(31-17(3)29)26(18,5)23(20)10-11-25(21,22)4/h6-7,15,19,21-24,27H,8-14H2,1-5H3/t15?,19?,21-,22+,23+,24?,25-,26+/m1/s1. The maximum absolute atomic E-state index is 12.0. The van der Waals surface area contributed by atoms with Crippen LogP contribution in [0, 0.1) is 34.5 Å². The van der Waals surface area contributed by atoms with Gasteiger partial charge < -0.3 is 14.6 Å². The third-order valence-corrected chi connectivity index (χ3v) is 9.29. The Morgan fingerprint density at radius 1 is 1.10 bits per heavy atom. The third-order valence-electron chi connectivity index (χ3n) is 9.29. The molecule has 0 aromatic heterocycles. The van der Waals surface area contributed by atoms with Crippen molar-refractivity contribution < 1.29 is 24.2 Å². The molecule has 0 bridgehead atoms. The van der Waals surface area contributed by atoms with Crippen LogP contribution in [0.3, 0.4) is 0 Å². The maximum atomic E-state index is 12.0. The van der Waals surface area contributed by atoms with Crippen LogP contribution in [0.1, 0.15) is 73.1 Å². The molecule has 4 aliphatic carbocycles. The van der Waals surface area contributed by atoms with Crippen molar-refractivity contribution in [3.05, 3.63) is 23.3 Å². The Labute approximate surface area is 186 Å². The van der Waals surface area contributed by atoms with Crippen molar-refractivity contribution in [2.75, 3.05) is 6.61 Å². The molecule has 4 aliphatic rings. The van der Waals surface area contributed by atoms with E-state index < -0.39 is 0 Å². The van der Waals surface area contributed by atoms with Crippen LogP contribution >= 0.6 is 0 Å². The molecular formula is C26H38O5. The van der Waals surface area contributed by atoms with Gasteiger partial charge in [-0.2, -0.15) is 0 Å². The summed E-state index contributed by atoms with van der Waals surface area (Å²) in [7, 11) is 0. The van der Waals surface area contributed by atoms with Crippen molar-refractivity contribution in [2.24, 2.45) is 34.5 Å². The SMILES string of the molecule is CC(=O)OC1CC2=CC=C3[C@@H]4CC[C@H](C(C)CO)[C@@]4(C)CC[C@@H]3[C@@]2(C)C(OC(C)=O)C1. The van der Waals surface area contributed by atoms with Gasteiger partial charge in [-0.15, -0.1) is 0 Å². The van der Waals surface area contributed by atoms with Gasteiger partial charge in [-0.3, -0.25) is 9.59 Å². The van der Waals surface area contributed by atoms with Crippen molar-refractivity contribution in [1.82, 2.24) is 0 Å². The van der Waals surface area contributed by atoms with E-state index in [1.807, 2.05) is 0 Å². The van der Waals surface area contributed by atoms with Gasteiger partial charge in [0, 0.05) is 38.7 Å². The summed E-state index contributed by atoms with van der Waals surface area (Å²) >= 11 is 0. The van der Waals surface area contributed by atoms with E-state index in [1.165, 1.54) is 37.8 Å². The second-order valence-electron chi connectivity index (χ2n) is 10.9. The Hall–Kier alpha value is -1.62. The fourth-order valence-corrected chi connectivity index (χ4v) is 7.80. The number of hydrogen-bond donors (Lipinski definition) is 1. The second kappa shape index (κ2) is 8.06. The summed E-state index contributed by atoms with van der Waals surface area (Å²) in [5, 5.41) is 9.83. The highest BCUT2D eigenvalue weighted by atomic mass is 16.6. The summed E-state index contributed by atoms with van der Waals surface area (Å²) in [6, 6.07) is 0. The van der Waals surface area contributed by atoms with E-state index in [9.17, 15) is 14.7 Å². The quantitative estimate of drug-likeness (QED) is 0.661. The highest BCUT2D eigenvalue weighted by Crippen LogP contribution is 2.66. The fourth-order valence-electron chi connectivity index (χ4n) is 7.80. The zero-order valence-electron chi connectivity index (χ0n) is 19.6. The smallest absolute Gasteiger partial charge is 0.302 e. The van der Waals surface area contributed by atoms with Crippen LogP contribution in [0.5, 0.6) is 0 Å². The van der Waals surface area contributed by atoms with Gasteiger partial charge in [0.05, 0.1) is 0 Å². The number of ether oxygens (including phenoxy) is 2. The summed E-state index contributed by atoms with van der Waals surface area (Å²) in [4.78, 5) is 23.6. The molecule has 31 heavy (non-hydrogen) atoms. The van der Waals surface area contributed by atoms with Crippen LogP contribution in [0.25, 0.3) is 0 Å². The number of hydrogen-bond acceptors (Lipinski definition) is 5. The molecule has 0 spiro atoms. The molecule has 0 saturated heterocycles. The highest BCUT2D eigenvalue weighted by molar-refractivity contribution is 5.67. The Morgan fingerprint density at radius 2 is 1.81 bits per heavy atom. The van der Waals surface area contributed by atoms with E-state index in [0.29, 0.717) is 36.5 Å². The molecule has 0 amide bonds. The number of carbonyl (C=O) groups excluding carboxylic acids is 2. The van der Waals surface area contributed by atoms with Crippen molar-refractivity contribution in [1.29, 1.82) is 0 Å². The molecular weight excluding hydrogens is 392 g/mol. The van der Waals surface area contributed by atoms with Crippen LogP contribution in [-0.4, -0.2) is 35.9 Å². The van der Waals surface area contributed by atoms with Crippen LogP contribution < -0.4 is 0 Å². The lowest BCUT2D eigenvalue weighted by Crippen LogP contribution is -2.54. The minimum atomic E-state index is -0.291. The van der Waals surface area contributed by atoms with E-state index in [1.54, 1.807) is 0 Å². The van der Waals surface area contributed by atoms with Crippen LogP contribution in [0.4, 0.5) is 0 Å². The summed E-state index contributed by atoms with van der Waals surface area (Å²) < 4.78 is 11.5. The second-order valence-corrected chi connectivity index (χ2v) is 10.9. The van der Waals surface area contributed by atoms with E-state index >= 15 is 0 Å². The maximum Gasteiger partial charge on any atom is 0.302 e. The number of esters is 2. The largest absolute Gasteiger partial charge is 0.462 e. The molecule has 0 aromatic carbocycles. The fraction of sp³-hybridized carbons (Fsp3) is 0.769. The van der Waals surface area contributed by atoms with Crippen LogP contribution in [0.2, 0.25) is 0 Å². The summed E-state index contributed by atoms with van der Waals surface area (Å²) in [5.74, 6) is 1.17. The average Bonchev–Trinajstić information content (AvgIpc) is 3.04. The van der Waals surface area contributed by atoms with Crippen molar-refractivity contribution in [3.63, 3.8) is 0 Å². The predicted molar refractivity (Wildman–Crippen MR) is 118 cm³/mol. The van der Waals surface area contributed by atoms with Gasteiger partial charge in [-0.1, -0.05) is 44.1 Å². The molecule has 0 radical (unpaired) electrons. The first-order chi connectivity index (χ1) is 14.6. The average molecular weight is 431 g/mol. The summed E-state index contributed by atoms with van der Waals surface area (Å²) in [6.07, 6.45) is 9.83. The van der Waals surface area contributed by atoms with Gasteiger partial charge in [0.25, 0.3) is 0 Å². The molecule has 0 heterocycles. The van der Waals surface area contributed by atoms with Crippen LogP contribution in [-0.2, 0) is 19.1 Å². The molecule has 5 nitrogen and oxygen atoms in total. The first-order valence-electron chi connectivity index (χ1n) is 12.0. The van der Waals surface area contributed by atoms with Crippen molar-refractivity contribution >= 4 is 11.9 Å². The zero-order valence-corrected chi connectivity index (χ0v) is 19.6. The Balaban J connectivity index is 1.70. The lowest BCUT2D eigenvalue weighted by Gasteiger charge is -2.57. The van der Waals surface area contributed by atoms with E-state index in [2.05, 4.69) is 32.9 Å². The molecule has 4 rings (SSSR count). The molecule has 172 valence electrons. The lowest BCUT2D eigenvalue weighted by molar-refractivity contribution is -0.165. The van der Waals surface area contributed by atoms with Crippen molar-refractivity contribution in [2.45, 2.75) is 85.4 Å². The minimum absolute atomic E-state index is 0.220. The Kier molecular flexibility index (Phi) is 5.87. The summed E-state index contributed by atoms with van der Waals surface area (Å²) in [5.41, 5.74) is 2.72. The molecule has 3 fully saturated rings. The molecule has 3 saturated carbocycles. The molecule has 3 unspecified atom stereocenters. The molecule has 8 atom stereocenters. The zero-order chi connectivity index (χ0) is 22.6. The topological polar surface area (TPSA) is 72.8 Å². The molecule has 0 aliphatic heterocycles. The molecule has 1 N–H and O–H groups in total. The number of rotatable bonds is 4. The first kappa shape index (κ1) is 22.6. The van der Waals surface area contributed by atoms with Gasteiger partial charge in [0.2, 0.25) is 0 Å². The number of aliphatic hydroxyl groups is 1. The van der Waals surface area contributed by atoms with Crippen molar-refractivity contribution in [3.8, 4) is 0 Å². The van der Waals surface area contributed by atoms with E-state index in [-0.39, 0.29) is 41.6 Å². The van der Waals surface area contributed by atoms with Gasteiger partial charge in [-0.05, 0) is 54.8 Å².